The fourth-order valence-electron chi connectivity index (χ4n) is 4.47. The lowest BCUT2D eigenvalue weighted by Gasteiger charge is -2.30. The molecule has 0 saturated carbocycles. The van der Waals surface area contributed by atoms with Crippen LogP contribution in [0, 0.1) is 0 Å². The zero-order valence-corrected chi connectivity index (χ0v) is 20.0. The van der Waals surface area contributed by atoms with E-state index >= 15 is 0 Å². The van der Waals surface area contributed by atoms with Crippen molar-refractivity contribution in [3.8, 4) is 11.5 Å². The Kier molecular flexibility index (Phi) is 6.69. The van der Waals surface area contributed by atoms with Gasteiger partial charge in [-0.05, 0) is 49.7 Å². The molecule has 1 aromatic heterocycles. The quantitative estimate of drug-likeness (QED) is 0.519. The SMILES string of the molecule is C[C@@H](NC(=S)N(Cc1cc2cc3c(cc2[nH]c1=O)OCCO3)C[C@@H]1CCCO1)c1ccccc1. The van der Waals surface area contributed by atoms with E-state index in [1.807, 2.05) is 41.3 Å². The van der Waals surface area contributed by atoms with Gasteiger partial charge in [0, 0.05) is 30.2 Å². The first-order valence-corrected chi connectivity index (χ1v) is 12.2. The van der Waals surface area contributed by atoms with Crippen LogP contribution in [-0.2, 0) is 11.3 Å². The van der Waals surface area contributed by atoms with E-state index in [0.717, 1.165) is 35.9 Å². The molecule has 7 nitrogen and oxygen atoms in total. The highest BCUT2D eigenvalue weighted by atomic mass is 32.1. The van der Waals surface area contributed by atoms with E-state index in [-0.39, 0.29) is 17.7 Å². The average Bonchev–Trinajstić information content (AvgIpc) is 3.36. The molecule has 2 N–H and O–H groups in total. The summed E-state index contributed by atoms with van der Waals surface area (Å²) >= 11 is 5.82. The third kappa shape index (κ3) is 5.03. The molecular formula is C26H29N3O4S. The summed E-state index contributed by atoms with van der Waals surface area (Å²) in [5.41, 5.74) is 2.37. The Morgan fingerprint density at radius 3 is 2.65 bits per heavy atom. The lowest BCUT2D eigenvalue weighted by molar-refractivity contribution is 0.0895. The Labute approximate surface area is 204 Å². The van der Waals surface area contributed by atoms with Gasteiger partial charge in [0.1, 0.15) is 13.2 Å². The summed E-state index contributed by atoms with van der Waals surface area (Å²) < 4.78 is 17.2. The van der Waals surface area contributed by atoms with Gasteiger partial charge < -0.3 is 29.4 Å². The van der Waals surface area contributed by atoms with Crippen LogP contribution < -0.4 is 20.3 Å². The molecule has 2 aliphatic rings. The summed E-state index contributed by atoms with van der Waals surface area (Å²) in [4.78, 5) is 18.0. The van der Waals surface area contributed by atoms with Gasteiger partial charge in [0.2, 0.25) is 0 Å². The van der Waals surface area contributed by atoms with Gasteiger partial charge in [-0.15, -0.1) is 0 Å². The number of rotatable bonds is 6. The zero-order chi connectivity index (χ0) is 23.5. The van der Waals surface area contributed by atoms with Crippen molar-refractivity contribution in [2.24, 2.45) is 0 Å². The molecule has 3 aromatic rings. The van der Waals surface area contributed by atoms with E-state index in [2.05, 4.69) is 29.4 Å². The summed E-state index contributed by atoms with van der Waals surface area (Å²) in [5, 5.41) is 4.94. The smallest absolute Gasteiger partial charge is 0.253 e. The largest absolute Gasteiger partial charge is 0.486 e. The molecule has 2 aliphatic heterocycles. The van der Waals surface area contributed by atoms with Crippen molar-refractivity contribution in [1.29, 1.82) is 0 Å². The Morgan fingerprint density at radius 1 is 1.15 bits per heavy atom. The van der Waals surface area contributed by atoms with Crippen LogP contribution in [0.2, 0.25) is 0 Å². The van der Waals surface area contributed by atoms with Crippen molar-refractivity contribution in [2.45, 2.75) is 38.5 Å². The van der Waals surface area contributed by atoms with Crippen LogP contribution >= 0.6 is 12.2 Å². The maximum atomic E-state index is 13.0. The fraction of sp³-hybridized carbons (Fsp3) is 0.385. The maximum Gasteiger partial charge on any atom is 0.253 e. The highest BCUT2D eigenvalue weighted by Crippen LogP contribution is 2.33. The van der Waals surface area contributed by atoms with Crippen molar-refractivity contribution in [3.05, 3.63) is 70.0 Å². The predicted molar refractivity (Wildman–Crippen MR) is 136 cm³/mol. The topological polar surface area (TPSA) is 75.8 Å². The van der Waals surface area contributed by atoms with Gasteiger partial charge in [-0.25, -0.2) is 0 Å². The van der Waals surface area contributed by atoms with E-state index < -0.39 is 0 Å². The Hall–Kier alpha value is -3.10. The molecule has 0 radical (unpaired) electrons. The molecule has 3 heterocycles. The second-order valence-corrected chi connectivity index (χ2v) is 9.19. The Balaban J connectivity index is 1.40. The van der Waals surface area contributed by atoms with E-state index in [0.29, 0.717) is 48.5 Å². The molecule has 34 heavy (non-hydrogen) atoms. The lowest BCUT2D eigenvalue weighted by atomic mass is 10.1. The zero-order valence-electron chi connectivity index (χ0n) is 19.2. The molecule has 2 aromatic carbocycles. The van der Waals surface area contributed by atoms with Crippen LogP contribution in [0.5, 0.6) is 11.5 Å². The number of fused-ring (bicyclic) bond motifs is 2. The van der Waals surface area contributed by atoms with Crippen molar-refractivity contribution in [1.82, 2.24) is 15.2 Å². The van der Waals surface area contributed by atoms with Gasteiger partial charge in [-0.1, -0.05) is 30.3 Å². The van der Waals surface area contributed by atoms with Crippen LogP contribution in [-0.4, -0.2) is 47.5 Å². The molecule has 0 amide bonds. The Morgan fingerprint density at radius 2 is 1.91 bits per heavy atom. The number of pyridine rings is 1. The number of aromatic amines is 1. The van der Waals surface area contributed by atoms with Gasteiger partial charge >= 0.3 is 0 Å². The minimum atomic E-state index is -0.138. The summed E-state index contributed by atoms with van der Waals surface area (Å²) in [7, 11) is 0. The monoisotopic (exact) mass is 479 g/mol. The molecule has 178 valence electrons. The van der Waals surface area contributed by atoms with Crippen molar-refractivity contribution in [2.75, 3.05) is 26.4 Å². The second-order valence-electron chi connectivity index (χ2n) is 8.80. The van der Waals surface area contributed by atoms with Crippen LogP contribution in [0.1, 0.15) is 36.9 Å². The van der Waals surface area contributed by atoms with Crippen LogP contribution in [0.4, 0.5) is 0 Å². The number of ether oxygens (including phenoxy) is 3. The third-order valence-electron chi connectivity index (χ3n) is 6.32. The number of aromatic nitrogens is 1. The van der Waals surface area contributed by atoms with Crippen LogP contribution in [0.15, 0.2) is 53.3 Å². The summed E-state index contributed by atoms with van der Waals surface area (Å²) in [6, 6.07) is 15.9. The average molecular weight is 480 g/mol. The lowest BCUT2D eigenvalue weighted by Crippen LogP contribution is -2.44. The molecule has 0 aliphatic carbocycles. The first-order chi connectivity index (χ1) is 16.6. The van der Waals surface area contributed by atoms with Gasteiger partial charge in [-0.3, -0.25) is 4.79 Å². The molecule has 1 saturated heterocycles. The van der Waals surface area contributed by atoms with Gasteiger partial charge in [0.25, 0.3) is 5.56 Å². The van der Waals surface area contributed by atoms with Gasteiger partial charge in [0.05, 0.1) is 24.2 Å². The summed E-state index contributed by atoms with van der Waals surface area (Å²) in [6.45, 7) is 4.88. The molecular weight excluding hydrogens is 450 g/mol. The second kappa shape index (κ2) is 10.0. The van der Waals surface area contributed by atoms with Crippen LogP contribution in [0.3, 0.4) is 0 Å². The fourth-order valence-corrected chi connectivity index (χ4v) is 4.78. The van der Waals surface area contributed by atoms with Crippen molar-refractivity contribution in [3.63, 3.8) is 0 Å². The number of nitrogens with one attached hydrogen (secondary N) is 2. The number of nitrogens with zero attached hydrogens (tertiary/aromatic N) is 1. The molecule has 5 rings (SSSR count). The first kappa shape index (κ1) is 22.7. The normalized spacial score (nSPS) is 18.0. The minimum Gasteiger partial charge on any atom is -0.486 e. The van der Waals surface area contributed by atoms with E-state index in [9.17, 15) is 4.79 Å². The molecule has 0 spiro atoms. The van der Waals surface area contributed by atoms with Gasteiger partial charge in [-0.2, -0.15) is 0 Å². The number of thiocarbonyl (C=S) groups is 1. The standard InChI is InChI=1S/C26H29N3O4S/c1-17(18-6-3-2-4-7-18)27-26(34)29(16-21-8-5-9-31-21)15-20-12-19-13-23-24(33-11-10-32-23)14-22(19)28-25(20)30/h2-4,6-7,12-14,17,21H,5,8-11,15-16H2,1H3,(H,27,34)(H,28,30)/t17-,21+/m1/s1. The summed E-state index contributed by atoms with van der Waals surface area (Å²) in [5.74, 6) is 1.35. The minimum absolute atomic E-state index is 0.0410. The summed E-state index contributed by atoms with van der Waals surface area (Å²) in [6.07, 6.45) is 2.14. The highest BCUT2D eigenvalue weighted by Gasteiger charge is 2.23. The molecule has 2 atom stereocenters. The number of hydrogen-bond donors (Lipinski definition) is 2. The molecule has 8 heteroatoms. The van der Waals surface area contributed by atoms with Gasteiger partial charge in [0.15, 0.2) is 16.6 Å². The highest BCUT2D eigenvalue weighted by molar-refractivity contribution is 7.80. The maximum absolute atomic E-state index is 13.0. The number of benzene rings is 2. The van der Waals surface area contributed by atoms with E-state index in [4.69, 9.17) is 26.4 Å². The predicted octanol–water partition coefficient (Wildman–Crippen LogP) is 3.92. The molecule has 0 unspecified atom stereocenters. The Bertz CT molecular complexity index is 1220. The van der Waals surface area contributed by atoms with E-state index in [1.54, 1.807) is 0 Å². The van der Waals surface area contributed by atoms with E-state index in [1.165, 1.54) is 0 Å². The molecule has 0 bridgehead atoms. The third-order valence-corrected chi connectivity index (χ3v) is 6.70. The van der Waals surface area contributed by atoms with Crippen molar-refractivity contribution < 1.29 is 14.2 Å². The number of hydrogen-bond acceptors (Lipinski definition) is 5. The number of H-pyrrole nitrogens is 1. The first-order valence-electron chi connectivity index (χ1n) is 11.7. The van der Waals surface area contributed by atoms with Crippen molar-refractivity contribution >= 4 is 28.2 Å². The van der Waals surface area contributed by atoms with Crippen LogP contribution in [0.25, 0.3) is 10.9 Å². The molecule has 1 fully saturated rings.